The molecule has 0 radical (unpaired) electrons. The van der Waals surface area contributed by atoms with Crippen LogP contribution in [0, 0.1) is 0 Å². The van der Waals surface area contributed by atoms with Crippen LogP contribution in [0.4, 0.5) is 0 Å². The Balaban J connectivity index is 1.56. The lowest BCUT2D eigenvalue weighted by molar-refractivity contribution is -0.136. The Morgan fingerprint density at radius 2 is 1.81 bits per heavy atom. The third-order valence-electron chi connectivity index (χ3n) is 4.67. The Morgan fingerprint density at radius 3 is 2.50 bits per heavy atom. The number of carbonyl (C=O) groups is 2. The quantitative estimate of drug-likeness (QED) is 0.216. The average Bonchev–Trinajstić information content (AvgIpc) is 3.52. The number of thiophene rings is 1. The summed E-state index contributed by atoms with van der Waals surface area (Å²) in [7, 11) is 1.61. The van der Waals surface area contributed by atoms with E-state index in [0.717, 1.165) is 22.6 Å². The SMILES string of the molecule is COc1ccc(-c2nn(-c3ccccc3)cc2C=CC(=O)OCC(=O)c2cccs2)cc1. The van der Waals surface area contributed by atoms with Gasteiger partial charge in [-0.25, -0.2) is 9.48 Å². The number of Topliss-reactive ketones (excluding diaryl/α,β-unsaturated/α-hetero) is 1. The lowest BCUT2D eigenvalue weighted by atomic mass is 10.1. The smallest absolute Gasteiger partial charge is 0.331 e. The van der Waals surface area contributed by atoms with Gasteiger partial charge in [-0.05, 0) is 53.9 Å². The number of para-hydroxylation sites is 1. The molecule has 0 saturated carbocycles. The van der Waals surface area contributed by atoms with Gasteiger partial charge in [0.15, 0.2) is 6.61 Å². The van der Waals surface area contributed by atoms with Crippen LogP contribution in [0.1, 0.15) is 15.2 Å². The maximum atomic E-state index is 12.2. The molecule has 0 aliphatic carbocycles. The van der Waals surface area contributed by atoms with E-state index < -0.39 is 5.97 Å². The van der Waals surface area contributed by atoms with Crippen molar-refractivity contribution in [3.8, 4) is 22.7 Å². The van der Waals surface area contributed by atoms with Crippen molar-refractivity contribution >= 4 is 29.2 Å². The van der Waals surface area contributed by atoms with Gasteiger partial charge in [-0.15, -0.1) is 11.3 Å². The Labute approximate surface area is 189 Å². The van der Waals surface area contributed by atoms with Crippen molar-refractivity contribution in [2.75, 3.05) is 13.7 Å². The first kappa shape index (κ1) is 21.3. The van der Waals surface area contributed by atoms with E-state index in [2.05, 4.69) is 0 Å². The summed E-state index contributed by atoms with van der Waals surface area (Å²) in [5, 5.41) is 6.52. The topological polar surface area (TPSA) is 70.4 Å². The molecule has 0 saturated heterocycles. The predicted octanol–water partition coefficient (Wildman–Crippen LogP) is 5.05. The highest BCUT2D eigenvalue weighted by Gasteiger charge is 2.12. The van der Waals surface area contributed by atoms with Crippen LogP contribution < -0.4 is 4.74 Å². The van der Waals surface area contributed by atoms with E-state index >= 15 is 0 Å². The minimum absolute atomic E-state index is 0.224. The number of carbonyl (C=O) groups excluding carboxylic acids is 2. The van der Waals surface area contributed by atoms with Gasteiger partial charge in [0.2, 0.25) is 5.78 Å². The summed E-state index contributed by atoms with van der Waals surface area (Å²) in [5.41, 5.74) is 3.21. The summed E-state index contributed by atoms with van der Waals surface area (Å²) in [5.74, 6) is -0.0760. The number of aromatic nitrogens is 2. The Morgan fingerprint density at radius 1 is 1.03 bits per heavy atom. The molecule has 32 heavy (non-hydrogen) atoms. The molecule has 4 aromatic rings. The molecule has 2 heterocycles. The summed E-state index contributed by atoms with van der Waals surface area (Å²) in [6, 6.07) is 20.7. The van der Waals surface area contributed by atoms with Crippen LogP contribution in [0.15, 0.2) is 84.4 Å². The average molecular weight is 445 g/mol. The zero-order valence-electron chi connectivity index (χ0n) is 17.3. The van der Waals surface area contributed by atoms with Crippen molar-refractivity contribution in [1.29, 1.82) is 0 Å². The van der Waals surface area contributed by atoms with Gasteiger partial charge in [0.1, 0.15) is 5.75 Å². The Kier molecular flexibility index (Phi) is 6.57. The zero-order valence-corrected chi connectivity index (χ0v) is 18.1. The van der Waals surface area contributed by atoms with E-state index in [1.54, 1.807) is 35.4 Å². The molecule has 160 valence electrons. The largest absolute Gasteiger partial charge is 0.497 e. The van der Waals surface area contributed by atoms with Crippen LogP contribution in [-0.2, 0) is 9.53 Å². The second-order valence-electron chi connectivity index (χ2n) is 6.78. The molecule has 6 nitrogen and oxygen atoms in total. The van der Waals surface area contributed by atoms with Crippen molar-refractivity contribution in [3.63, 3.8) is 0 Å². The summed E-state index contributed by atoms with van der Waals surface area (Å²) in [6.45, 7) is -0.293. The molecule has 7 heteroatoms. The van der Waals surface area contributed by atoms with Crippen LogP contribution in [0.2, 0.25) is 0 Å². The van der Waals surface area contributed by atoms with E-state index in [1.807, 2.05) is 60.8 Å². The summed E-state index contributed by atoms with van der Waals surface area (Å²) in [4.78, 5) is 24.8. The standard InChI is InChI=1S/C25H20N2O4S/c1-30-21-12-9-18(10-13-21)25-19(16-27(26-25)20-6-3-2-4-7-20)11-14-24(29)31-17-22(28)23-8-5-15-32-23/h2-16H,17H2,1H3. The molecule has 0 spiro atoms. The van der Waals surface area contributed by atoms with Crippen molar-refractivity contribution in [3.05, 3.63) is 94.8 Å². The van der Waals surface area contributed by atoms with Crippen LogP contribution in [0.25, 0.3) is 23.0 Å². The number of benzene rings is 2. The molecule has 0 bridgehead atoms. The van der Waals surface area contributed by atoms with Gasteiger partial charge >= 0.3 is 5.97 Å². The van der Waals surface area contributed by atoms with E-state index in [-0.39, 0.29) is 12.4 Å². The predicted molar refractivity (Wildman–Crippen MR) is 124 cm³/mol. The zero-order chi connectivity index (χ0) is 22.3. The molecule has 0 fully saturated rings. The van der Waals surface area contributed by atoms with E-state index in [9.17, 15) is 9.59 Å². The first-order valence-electron chi connectivity index (χ1n) is 9.85. The van der Waals surface area contributed by atoms with Gasteiger partial charge in [-0.1, -0.05) is 24.3 Å². The normalized spacial score (nSPS) is 10.9. The lowest BCUT2D eigenvalue weighted by Gasteiger charge is -2.03. The highest BCUT2D eigenvalue weighted by molar-refractivity contribution is 7.12. The van der Waals surface area contributed by atoms with E-state index in [1.165, 1.54) is 17.4 Å². The van der Waals surface area contributed by atoms with Gasteiger partial charge in [-0.3, -0.25) is 4.79 Å². The van der Waals surface area contributed by atoms with Gasteiger partial charge in [0, 0.05) is 23.4 Å². The van der Waals surface area contributed by atoms with Crippen LogP contribution in [0.3, 0.4) is 0 Å². The Bertz CT molecular complexity index is 1230. The number of hydrogen-bond donors (Lipinski definition) is 0. The van der Waals surface area contributed by atoms with Crippen molar-refractivity contribution in [2.45, 2.75) is 0 Å². The molecule has 0 aliphatic rings. The van der Waals surface area contributed by atoms with Crippen LogP contribution in [0.5, 0.6) is 5.75 Å². The number of ketones is 1. The fraction of sp³-hybridized carbons (Fsp3) is 0.0800. The number of methoxy groups -OCH3 is 1. The summed E-state index contributed by atoms with van der Waals surface area (Å²) >= 11 is 1.32. The van der Waals surface area contributed by atoms with Gasteiger partial charge in [0.25, 0.3) is 0 Å². The first-order valence-corrected chi connectivity index (χ1v) is 10.7. The molecule has 0 aliphatic heterocycles. The molecule has 0 atom stereocenters. The fourth-order valence-electron chi connectivity index (χ4n) is 3.05. The third kappa shape index (κ3) is 5.01. The molecular formula is C25H20N2O4S. The third-order valence-corrected chi connectivity index (χ3v) is 5.58. The minimum atomic E-state index is -0.594. The highest BCUT2D eigenvalue weighted by atomic mass is 32.1. The number of rotatable bonds is 8. The highest BCUT2D eigenvalue weighted by Crippen LogP contribution is 2.26. The maximum absolute atomic E-state index is 12.2. The second kappa shape index (κ2) is 9.89. The molecule has 4 rings (SSSR count). The number of ether oxygens (including phenoxy) is 2. The lowest BCUT2D eigenvalue weighted by Crippen LogP contribution is -2.11. The second-order valence-corrected chi connectivity index (χ2v) is 7.73. The van der Waals surface area contributed by atoms with Gasteiger partial charge < -0.3 is 9.47 Å². The minimum Gasteiger partial charge on any atom is -0.497 e. The number of hydrogen-bond acceptors (Lipinski definition) is 6. The molecular weight excluding hydrogens is 424 g/mol. The van der Waals surface area contributed by atoms with Crippen LogP contribution >= 0.6 is 11.3 Å². The molecule has 0 N–H and O–H groups in total. The first-order chi connectivity index (χ1) is 15.6. The molecule has 2 aromatic heterocycles. The van der Waals surface area contributed by atoms with Crippen molar-refractivity contribution in [2.24, 2.45) is 0 Å². The Hall–Kier alpha value is -3.97. The number of nitrogens with zero attached hydrogens (tertiary/aromatic N) is 2. The monoisotopic (exact) mass is 444 g/mol. The molecule has 0 amide bonds. The van der Waals surface area contributed by atoms with Gasteiger partial charge in [-0.2, -0.15) is 5.10 Å². The van der Waals surface area contributed by atoms with E-state index in [0.29, 0.717) is 10.6 Å². The van der Waals surface area contributed by atoms with Crippen molar-refractivity contribution in [1.82, 2.24) is 9.78 Å². The maximum Gasteiger partial charge on any atom is 0.331 e. The van der Waals surface area contributed by atoms with Crippen LogP contribution in [-0.4, -0.2) is 35.2 Å². The van der Waals surface area contributed by atoms with Crippen molar-refractivity contribution < 1.29 is 19.1 Å². The summed E-state index contributed by atoms with van der Waals surface area (Å²) in [6.07, 6.45) is 4.79. The van der Waals surface area contributed by atoms with E-state index in [4.69, 9.17) is 14.6 Å². The molecule has 0 unspecified atom stereocenters. The van der Waals surface area contributed by atoms with Gasteiger partial charge in [0.05, 0.1) is 23.4 Å². The summed E-state index contributed by atoms with van der Waals surface area (Å²) < 4.78 is 12.1. The fourth-order valence-corrected chi connectivity index (χ4v) is 3.70. The number of esters is 1. The molecule has 2 aromatic carbocycles.